The highest BCUT2D eigenvalue weighted by molar-refractivity contribution is 7.14. The number of amides is 1. The van der Waals surface area contributed by atoms with E-state index in [4.69, 9.17) is 14.3 Å². The van der Waals surface area contributed by atoms with Crippen LogP contribution in [0.1, 0.15) is 37.3 Å². The van der Waals surface area contributed by atoms with Crippen molar-refractivity contribution < 1.29 is 23.8 Å². The summed E-state index contributed by atoms with van der Waals surface area (Å²) in [6.07, 6.45) is 2.40. The quantitative estimate of drug-likeness (QED) is 0.397. The van der Waals surface area contributed by atoms with Crippen molar-refractivity contribution in [2.45, 2.75) is 33.0 Å². The van der Waals surface area contributed by atoms with Crippen LogP contribution in [0, 0.1) is 6.92 Å². The molecule has 10 nitrogen and oxygen atoms in total. The van der Waals surface area contributed by atoms with Crippen molar-refractivity contribution in [1.82, 2.24) is 24.9 Å². The summed E-state index contributed by atoms with van der Waals surface area (Å²) in [5, 5.41) is 17.4. The summed E-state index contributed by atoms with van der Waals surface area (Å²) in [6.45, 7) is 3.30. The minimum absolute atomic E-state index is 0.0812. The Kier molecular flexibility index (Phi) is 6.43. The topological polar surface area (TPSA) is 124 Å². The van der Waals surface area contributed by atoms with Crippen LogP contribution >= 0.6 is 11.3 Å². The number of thiophene rings is 1. The van der Waals surface area contributed by atoms with Crippen molar-refractivity contribution >= 4 is 23.2 Å². The van der Waals surface area contributed by atoms with Gasteiger partial charge in [0.2, 0.25) is 11.8 Å². The summed E-state index contributed by atoms with van der Waals surface area (Å²) in [4.78, 5) is 31.3. The van der Waals surface area contributed by atoms with Crippen LogP contribution in [-0.2, 0) is 35.6 Å². The van der Waals surface area contributed by atoms with Gasteiger partial charge in [0.05, 0.1) is 25.9 Å². The molecular formula is C24H23N5O5S. The van der Waals surface area contributed by atoms with Gasteiger partial charge in [0.15, 0.2) is 0 Å². The number of hydrogen-bond acceptors (Lipinski definition) is 8. The summed E-state index contributed by atoms with van der Waals surface area (Å²) < 4.78 is 13.0. The van der Waals surface area contributed by atoms with Crippen LogP contribution < -0.4 is 0 Å². The minimum Gasteiger partial charge on any atom is -0.477 e. The first kappa shape index (κ1) is 22.9. The van der Waals surface area contributed by atoms with E-state index in [2.05, 4.69) is 15.3 Å². The molecule has 0 atom stereocenters. The third-order valence-electron chi connectivity index (χ3n) is 5.73. The van der Waals surface area contributed by atoms with Gasteiger partial charge >= 0.3 is 5.97 Å². The Morgan fingerprint density at radius 3 is 2.89 bits per heavy atom. The van der Waals surface area contributed by atoms with Crippen LogP contribution in [0.2, 0.25) is 0 Å². The molecule has 0 aliphatic carbocycles. The van der Waals surface area contributed by atoms with Crippen molar-refractivity contribution in [3.05, 3.63) is 75.1 Å². The van der Waals surface area contributed by atoms with E-state index in [0.29, 0.717) is 48.3 Å². The SMILES string of the molecule is Cc1oc(-c2ccccc2)nc1Cn1cc(COCC(=O)N2CCc3cc(C(=O)O)sc3C2)nn1. The van der Waals surface area contributed by atoms with E-state index in [1.165, 1.54) is 11.3 Å². The maximum atomic E-state index is 12.6. The number of aryl methyl sites for hydroxylation is 1. The Bertz CT molecular complexity index is 1360. The summed E-state index contributed by atoms with van der Waals surface area (Å²) in [7, 11) is 0. The molecule has 11 heteroatoms. The largest absolute Gasteiger partial charge is 0.477 e. The van der Waals surface area contributed by atoms with Gasteiger partial charge in [0.1, 0.15) is 28.6 Å². The molecular weight excluding hydrogens is 470 g/mol. The smallest absolute Gasteiger partial charge is 0.345 e. The number of aromatic nitrogens is 4. The molecule has 0 fully saturated rings. The van der Waals surface area contributed by atoms with Gasteiger partial charge in [-0.3, -0.25) is 4.79 Å². The highest BCUT2D eigenvalue weighted by atomic mass is 32.1. The molecule has 4 aromatic rings. The van der Waals surface area contributed by atoms with Gasteiger partial charge in [-0.2, -0.15) is 0 Å². The van der Waals surface area contributed by atoms with E-state index in [1.807, 2.05) is 37.3 Å². The van der Waals surface area contributed by atoms with Gasteiger partial charge in [-0.15, -0.1) is 16.4 Å². The number of oxazole rings is 1. The van der Waals surface area contributed by atoms with Crippen molar-refractivity contribution in [3.63, 3.8) is 0 Å². The molecule has 1 N–H and O–H groups in total. The van der Waals surface area contributed by atoms with Gasteiger partial charge in [0, 0.05) is 17.0 Å². The van der Waals surface area contributed by atoms with Crippen molar-refractivity contribution in [3.8, 4) is 11.5 Å². The molecule has 0 unspecified atom stereocenters. The Labute approximate surface area is 204 Å². The molecule has 0 bridgehead atoms. The van der Waals surface area contributed by atoms with Crippen molar-refractivity contribution in [1.29, 1.82) is 0 Å². The zero-order chi connectivity index (χ0) is 24.4. The number of carboxylic acid groups (broad SMARTS) is 1. The molecule has 5 rings (SSSR count). The van der Waals surface area contributed by atoms with Crippen LogP contribution in [0.5, 0.6) is 0 Å². The second kappa shape index (κ2) is 9.80. The molecule has 1 aliphatic rings. The van der Waals surface area contributed by atoms with E-state index in [9.17, 15) is 9.59 Å². The van der Waals surface area contributed by atoms with E-state index in [1.54, 1.807) is 21.8 Å². The fourth-order valence-electron chi connectivity index (χ4n) is 3.89. The Hall–Kier alpha value is -3.83. The second-order valence-corrected chi connectivity index (χ2v) is 9.35. The maximum Gasteiger partial charge on any atom is 0.345 e. The van der Waals surface area contributed by atoms with Crippen LogP contribution in [0.25, 0.3) is 11.5 Å². The molecule has 0 radical (unpaired) electrons. The standard InChI is InChI=1S/C24H23N5O5S/c1-15-19(25-23(34-15)16-5-3-2-4-6-16)11-29-10-18(26-27-29)13-33-14-22(30)28-8-7-17-9-20(24(31)32)35-21(17)12-28/h2-6,9-10H,7-8,11-14H2,1H3,(H,31,32). The lowest BCUT2D eigenvalue weighted by atomic mass is 10.1. The Morgan fingerprint density at radius 2 is 2.09 bits per heavy atom. The molecule has 180 valence electrons. The minimum atomic E-state index is -0.936. The summed E-state index contributed by atoms with van der Waals surface area (Å²) >= 11 is 1.22. The monoisotopic (exact) mass is 493 g/mol. The molecule has 0 saturated carbocycles. The number of carbonyl (C=O) groups excluding carboxylic acids is 1. The molecule has 1 aliphatic heterocycles. The number of aromatic carboxylic acids is 1. The lowest BCUT2D eigenvalue weighted by Gasteiger charge is -2.26. The molecule has 0 saturated heterocycles. The third kappa shape index (κ3) is 5.15. The number of hydrogen-bond donors (Lipinski definition) is 1. The average molecular weight is 494 g/mol. The lowest BCUT2D eigenvalue weighted by molar-refractivity contribution is -0.137. The fraction of sp³-hybridized carbons (Fsp3) is 0.292. The molecule has 1 amide bonds. The van der Waals surface area contributed by atoms with E-state index in [0.717, 1.165) is 21.7 Å². The van der Waals surface area contributed by atoms with Crippen LogP contribution in [0.3, 0.4) is 0 Å². The van der Waals surface area contributed by atoms with Gasteiger partial charge < -0.3 is 19.2 Å². The number of nitrogens with zero attached hydrogens (tertiary/aromatic N) is 5. The Balaban J connectivity index is 1.12. The third-order valence-corrected chi connectivity index (χ3v) is 6.88. The summed E-state index contributed by atoms with van der Waals surface area (Å²) in [5.74, 6) is 0.203. The summed E-state index contributed by atoms with van der Waals surface area (Å²) in [6, 6.07) is 11.4. The molecule has 0 spiro atoms. The zero-order valence-corrected chi connectivity index (χ0v) is 19.8. The first-order chi connectivity index (χ1) is 17.0. The molecule has 35 heavy (non-hydrogen) atoms. The van der Waals surface area contributed by atoms with Gasteiger partial charge in [-0.25, -0.2) is 14.5 Å². The molecule has 3 aromatic heterocycles. The number of rotatable bonds is 8. The van der Waals surface area contributed by atoms with E-state index < -0.39 is 5.97 Å². The van der Waals surface area contributed by atoms with Gasteiger partial charge in [-0.05, 0) is 37.1 Å². The van der Waals surface area contributed by atoms with Crippen LogP contribution in [-0.4, -0.2) is 55.0 Å². The van der Waals surface area contributed by atoms with Gasteiger partial charge in [0.25, 0.3) is 0 Å². The van der Waals surface area contributed by atoms with Crippen LogP contribution in [0.15, 0.2) is 47.0 Å². The van der Waals surface area contributed by atoms with Crippen molar-refractivity contribution in [2.75, 3.05) is 13.2 Å². The molecule has 1 aromatic carbocycles. The van der Waals surface area contributed by atoms with E-state index in [-0.39, 0.29) is 19.1 Å². The fourth-order valence-corrected chi connectivity index (χ4v) is 4.95. The highest BCUT2D eigenvalue weighted by Crippen LogP contribution is 2.28. The highest BCUT2D eigenvalue weighted by Gasteiger charge is 2.24. The first-order valence-electron chi connectivity index (χ1n) is 11.1. The predicted molar refractivity (Wildman–Crippen MR) is 126 cm³/mol. The number of carboxylic acids is 1. The number of ether oxygens (including phenoxy) is 1. The van der Waals surface area contributed by atoms with Crippen LogP contribution in [0.4, 0.5) is 0 Å². The second-order valence-electron chi connectivity index (χ2n) is 8.22. The first-order valence-corrected chi connectivity index (χ1v) is 11.9. The maximum absolute atomic E-state index is 12.6. The van der Waals surface area contributed by atoms with E-state index >= 15 is 0 Å². The van der Waals surface area contributed by atoms with Gasteiger partial charge in [-0.1, -0.05) is 23.4 Å². The average Bonchev–Trinajstić information content (AvgIpc) is 3.58. The number of benzene rings is 1. The van der Waals surface area contributed by atoms with Crippen molar-refractivity contribution in [2.24, 2.45) is 0 Å². The molecule has 4 heterocycles. The number of fused-ring (bicyclic) bond motifs is 1. The number of carbonyl (C=O) groups is 2. The lowest BCUT2D eigenvalue weighted by Crippen LogP contribution is -2.37. The normalized spacial score (nSPS) is 13.1. The zero-order valence-electron chi connectivity index (χ0n) is 19.0. The Morgan fingerprint density at radius 1 is 1.26 bits per heavy atom. The predicted octanol–water partition coefficient (Wildman–Crippen LogP) is 3.15. The summed E-state index contributed by atoms with van der Waals surface area (Å²) in [5.41, 5.74) is 3.28.